The first-order valence-electron chi connectivity index (χ1n) is 8.98. The fourth-order valence-corrected chi connectivity index (χ4v) is 4.52. The fourth-order valence-electron chi connectivity index (χ4n) is 3.06. The zero-order chi connectivity index (χ0) is 18.5. The number of nitrogens with one attached hydrogen (secondary N) is 1. The quantitative estimate of drug-likeness (QED) is 0.650. The zero-order valence-corrected chi connectivity index (χ0v) is 17.4. The van der Waals surface area contributed by atoms with Gasteiger partial charge in [0, 0.05) is 0 Å². The number of rotatable bonds is 6. The molecule has 1 saturated carbocycles. The summed E-state index contributed by atoms with van der Waals surface area (Å²) in [6.45, 7) is 4.96. The Kier molecular flexibility index (Phi) is 6.64. The summed E-state index contributed by atoms with van der Waals surface area (Å²) < 4.78 is 12.2. The number of aliphatic imine (C=N–C) groups is 1. The molecule has 1 aliphatic heterocycles. The molecule has 1 N–H and O–H groups in total. The van der Waals surface area contributed by atoms with Crippen molar-refractivity contribution in [2.45, 2.75) is 45.6 Å². The first-order valence-corrected chi connectivity index (χ1v) is 10.6. The molecule has 0 atom stereocenters. The van der Waals surface area contributed by atoms with Gasteiger partial charge in [0.25, 0.3) is 5.91 Å². The number of halogens is 1. The van der Waals surface area contributed by atoms with Gasteiger partial charge in [0.05, 0.1) is 28.6 Å². The third-order valence-corrected chi connectivity index (χ3v) is 5.71. The summed E-state index contributed by atoms with van der Waals surface area (Å²) in [6.07, 6.45) is 6.54. The third kappa shape index (κ3) is 4.62. The number of thioether (sulfide) groups is 1. The first-order chi connectivity index (χ1) is 12.6. The zero-order valence-electron chi connectivity index (χ0n) is 15.0. The lowest BCUT2D eigenvalue weighted by molar-refractivity contribution is -0.115. The van der Waals surface area contributed by atoms with E-state index < -0.39 is 0 Å². The van der Waals surface area contributed by atoms with Crippen LogP contribution in [0, 0.1) is 0 Å². The molecule has 5 nitrogen and oxygen atoms in total. The van der Waals surface area contributed by atoms with Crippen molar-refractivity contribution in [1.82, 2.24) is 5.32 Å². The van der Waals surface area contributed by atoms with E-state index in [1.807, 2.05) is 32.1 Å². The van der Waals surface area contributed by atoms with Crippen molar-refractivity contribution >= 4 is 44.8 Å². The second-order valence-corrected chi connectivity index (χ2v) is 8.02. The van der Waals surface area contributed by atoms with Gasteiger partial charge in [-0.2, -0.15) is 0 Å². The molecule has 0 bridgehead atoms. The molecule has 3 rings (SSSR count). The van der Waals surface area contributed by atoms with E-state index in [0.717, 1.165) is 22.9 Å². The predicted octanol–water partition coefficient (Wildman–Crippen LogP) is 4.75. The Labute approximate surface area is 166 Å². The van der Waals surface area contributed by atoms with Gasteiger partial charge in [-0.15, -0.1) is 0 Å². The van der Waals surface area contributed by atoms with E-state index in [4.69, 9.17) is 9.47 Å². The molecule has 1 amide bonds. The monoisotopic (exact) mass is 438 g/mol. The van der Waals surface area contributed by atoms with Crippen molar-refractivity contribution in [2.24, 2.45) is 4.99 Å². The van der Waals surface area contributed by atoms with E-state index in [1.165, 1.54) is 24.6 Å². The summed E-state index contributed by atoms with van der Waals surface area (Å²) in [7, 11) is 0. The smallest absolute Gasteiger partial charge is 0.264 e. The maximum atomic E-state index is 12.3. The van der Waals surface area contributed by atoms with Gasteiger partial charge in [-0.05, 0) is 78.2 Å². The number of nitrogens with zero attached hydrogens (tertiary/aromatic N) is 1. The lowest BCUT2D eigenvalue weighted by Gasteiger charge is -2.13. The van der Waals surface area contributed by atoms with Crippen LogP contribution >= 0.6 is 27.7 Å². The van der Waals surface area contributed by atoms with Crippen molar-refractivity contribution < 1.29 is 14.3 Å². The van der Waals surface area contributed by atoms with Crippen molar-refractivity contribution in [3.63, 3.8) is 0 Å². The second-order valence-electron chi connectivity index (χ2n) is 6.13. The molecule has 0 aromatic heterocycles. The topological polar surface area (TPSA) is 59.9 Å². The molecular formula is C19H23BrN2O3S. The minimum absolute atomic E-state index is 0.102. The highest BCUT2D eigenvalue weighted by Gasteiger charge is 2.26. The van der Waals surface area contributed by atoms with Gasteiger partial charge in [-0.3, -0.25) is 9.79 Å². The van der Waals surface area contributed by atoms with Gasteiger partial charge in [0.1, 0.15) is 0 Å². The Morgan fingerprint density at radius 1 is 1.27 bits per heavy atom. The van der Waals surface area contributed by atoms with Crippen LogP contribution in [-0.2, 0) is 4.79 Å². The number of benzene rings is 1. The molecule has 2 aliphatic rings. The second kappa shape index (κ2) is 8.95. The van der Waals surface area contributed by atoms with Crippen LogP contribution in [0.3, 0.4) is 0 Å². The molecular weight excluding hydrogens is 416 g/mol. The predicted molar refractivity (Wildman–Crippen MR) is 110 cm³/mol. The molecule has 0 spiro atoms. The Balaban J connectivity index is 1.83. The van der Waals surface area contributed by atoms with Crippen LogP contribution in [0.15, 0.2) is 26.5 Å². The van der Waals surface area contributed by atoms with Crippen LogP contribution in [0.2, 0.25) is 0 Å². The van der Waals surface area contributed by atoms with Crippen LogP contribution in [0.5, 0.6) is 11.5 Å². The highest BCUT2D eigenvalue weighted by atomic mass is 79.9. The van der Waals surface area contributed by atoms with Gasteiger partial charge in [0.15, 0.2) is 16.7 Å². The van der Waals surface area contributed by atoms with E-state index in [9.17, 15) is 4.79 Å². The molecule has 140 valence electrons. The van der Waals surface area contributed by atoms with E-state index in [-0.39, 0.29) is 5.91 Å². The Morgan fingerprint density at radius 3 is 2.69 bits per heavy atom. The number of carbonyl (C=O) groups excluding carboxylic acids is 1. The summed E-state index contributed by atoms with van der Waals surface area (Å²) in [6, 6.07) is 4.17. The van der Waals surface area contributed by atoms with Crippen molar-refractivity contribution in [2.75, 3.05) is 13.2 Å². The van der Waals surface area contributed by atoms with Crippen LogP contribution in [0.4, 0.5) is 0 Å². The van der Waals surface area contributed by atoms with Crippen LogP contribution < -0.4 is 14.8 Å². The average molecular weight is 439 g/mol. The molecule has 1 heterocycles. The highest BCUT2D eigenvalue weighted by molar-refractivity contribution is 9.10. The molecule has 1 saturated heterocycles. The number of carbonyl (C=O) groups is 1. The molecule has 7 heteroatoms. The van der Waals surface area contributed by atoms with E-state index in [2.05, 4.69) is 26.2 Å². The van der Waals surface area contributed by atoms with Gasteiger partial charge in [-0.1, -0.05) is 12.8 Å². The number of hydrogen-bond acceptors (Lipinski definition) is 5. The normalized spacial score (nSPS) is 20.8. The summed E-state index contributed by atoms with van der Waals surface area (Å²) in [5.41, 5.74) is 0.878. The molecule has 1 aromatic rings. The summed E-state index contributed by atoms with van der Waals surface area (Å²) >= 11 is 4.94. The van der Waals surface area contributed by atoms with Crippen molar-refractivity contribution in [3.05, 3.63) is 27.1 Å². The molecule has 1 aromatic carbocycles. The first kappa shape index (κ1) is 19.3. The average Bonchev–Trinajstić information content (AvgIpc) is 3.22. The van der Waals surface area contributed by atoms with Crippen molar-refractivity contribution in [1.29, 1.82) is 0 Å². The minimum atomic E-state index is -0.102. The minimum Gasteiger partial charge on any atom is -0.490 e. The number of amidine groups is 1. The SMILES string of the molecule is CCOc1cc(/C=C2\SC(=NC3CCCC3)NC2=O)cc(Br)c1OCC. The molecule has 0 radical (unpaired) electrons. The van der Waals surface area contributed by atoms with Crippen LogP contribution in [0.25, 0.3) is 6.08 Å². The lowest BCUT2D eigenvalue weighted by Crippen LogP contribution is -2.21. The van der Waals surface area contributed by atoms with Crippen molar-refractivity contribution in [3.8, 4) is 11.5 Å². The lowest BCUT2D eigenvalue weighted by atomic mass is 10.2. The Bertz CT molecular complexity index is 743. The van der Waals surface area contributed by atoms with E-state index >= 15 is 0 Å². The van der Waals surface area contributed by atoms with Gasteiger partial charge >= 0.3 is 0 Å². The largest absolute Gasteiger partial charge is 0.490 e. The van der Waals surface area contributed by atoms with E-state index in [1.54, 1.807) is 0 Å². The van der Waals surface area contributed by atoms with E-state index in [0.29, 0.717) is 40.8 Å². The number of amides is 1. The van der Waals surface area contributed by atoms with Gasteiger partial charge in [-0.25, -0.2) is 0 Å². The molecule has 0 unspecified atom stereocenters. The molecule has 1 aliphatic carbocycles. The van der Waals surface area contributed by atoms with Crippen LogP contribution in [-0.4, -0.2) is 30.3 Å². The summed E-state index contributed by atoms with van der Waals surface area (Å²) in [5.74, 6) is 1.25. The fraction of sp³-hybridized carbons (Fsp3) is 0.474. The Morgan fingerprint density at radius 2 is 2.00 bits per heavy atom. The summed E-state index contributed by atoms with van der Waals surface area (Å²) in [4.78, 5) is 17.6. The maximum absolute atomic E-state index is 12.3. The highest BCUT2D eigenvalue weighted by Crippen LogP contribution is 2.38. The number of hydrogen-bond donors (Lipinski definition) is 1. The maximum Gasteiger partial charge on any atom is 0.264 e. The van der Waals surface area contributed by atoms with Gasteiger partial charge < -0.3 is 14.8 Å². The number of ether oxygens (including phenoxy) is 2. The van der Waals surface area contributed by atoms with Gasteiger partial charge in [0.2, 0.25) is 0 Å². The standard InChI is InChI=1S/C19H23BrN2O3S/c1-3-24-15-10-12(9-14(20)17(15)25-4-2)11-16-18(23)22-19(26-16)21-13-7-5-6-8-13/h9-11,13H,3-8H2,1-2H3,(H,21,22,23)/b16-11-. The molecule has 2 fully saturated rings. The summed E-state index contributed by atoms with van der Waals surface area (Å²) in [5, 5.41) is 3.59. The Hall–Kier alpha value is -1.47. The van der Waals surface area contributed by atoms with Crippen LogP contribution in [0.1, 0.15) is 45.1 Å². The molecule has 26 heavy (non-hydrogen) atoms. The third-order valence-electron chi connectivity index (χ3n) is 4.19.